The maximum atomic E-state index is 5.44. The molecule has 3 nitrogen and oxygen atoms in total. The molecule has 3 heteroatoms. The maximum Gasteiger partial charge on any atom is 0.127 e. The van der Waals surface area contributed by atoms with Crippen molar-refractivity contribution in [3.8, 4) is 11.5 Å². The van der Waals surface area contributed by atoms with Crippen LogP contribution in [-0.4, -0.2) is 20.3 Å². The van der Waals surface area contributed by atoms with Gasteiger partial charge in [0, 0.05) is 24.2 Å². The van der Waals surface area contributed by atoms with Crippen LogP contribution in [0.4, 0.5) is 0 Å². The maximum absolute atomic E-state index is 5.44. The molecule has 0 heterocycles. The minimum Gasteiger partial charge on any atom is -0.497 e. The fraction of sp³-hybridized carbons (Fsp3) is 0.647. The third-order valence-corrected chi connectivity index (χ3v) is 3.62. The quantitative estimate of drug-likeness (QED) is 0.698. The zero-order valence-corrected chi connectivity index (χ0v) is 13.4. The standard InChI is InChI=1S/C17H29NO2/c1-5-7-9-15(8-6-2)18-13-14-10-11-16(19-3)12-17(14)20-4/h10-12,15,18H,5-9,13H2,1-4H3. The molecule has 0 amide bonds. The summed E-state index contributed by atoms with van der Waals surface area (Å²) < 4.78 is 10.7. The number of benzene rings is 1. The molecule has 0 saturated carbocycles. The molecule has 0 aliphatic rings. The summed E-state index contributed by atoms with van der Waals surface area (Å²) in [5.41, 5.74) is 1.19. The van der Waals surface area contributed by atoms with Crippen LogP contribution >= 0.6 is 0 Å². The smallest absolute Gasteiger partial charge is 0.127 e. The predicted octanol–water partition coefficient (Wildman–Crippen LogP) is 4.15. The molecule has 0 aromatic heterocycles. The van der Waals surface area contributed by atoms with Gasteiger partial charge in [-0.05, 0) is 18.9 Å². The van der Waals surface area contributed by atoms with E-state index in [9.17, 15) is 0 Å². The minimum atomic E-state index is 0.603. The molecular formula is C17H29NO2. The molecule has 0 saturated heterocycles. The molecule has 1 aromatic carbocycles. The average Bonchev–Trinajstić information content (AvgIpc) is 2.49. The molecule has 1 rings (SSSR count). The largest absolute Gasteiger partial charge is 0.497 e. The lowest BCUT2D eigenvalue weighted by Gasteiger charge is -2.19. The first kappa shape index (κ1) is 16.8. The number of hydrogen-bond donors (Lipinski definition) is 1. The highest BCUT2D eigenvalue weighted by molar-refractivity contribution is 5.40. The number of nitrogens with one attached hydrogen (secondary N) is 1. The van der Waals surface area contributed by atoms with Crippen molar-refractivity contribution in [2.24, 2.45) is 0 Å². The van der Waals surface area contributed by atoms with E-state index in [1.54, 1.807) is 14.2 Å². The molecule has 0 aliphatic carbocycles. The highest BCUT2D eigenvalue weighted by Gasteiger charge is 2.09. The van der Waals surface area contributed by atoms with Crippen molar-refractivity contribution in [2.45, 2.75) is 58.5 Å². The topological polar surface area (TPSA) is 30.5 Å². The summed E-state index contributed by atoms with van der Waals surface area (Å²) in [4.78, 5) is 0. The first-order valence-electron chi connectivity index (χ1n) is 7.69. The third-order valence-electron chi connectivity index (χ3n) is 3.62. The summed E-state index contributed by atoms with van der Waals surface area (Å²) in [7, 11) is 3.38. The first-order valence-corrected chi connectivity index (χ1v) is 7.69. The molecule has 0 bridgehead atoms. The van der Waals surface area contributed by atoms with Gasteiger partial charge in [0.1, 0.15) is 11.5 Å². The van der Waals surface area contributed by atoms with Crippen molar-refractivity contribution in [1.82, 2.24) is 5.32 Å². The van der Waals surface area contributed by atoms with Gasteiger partial charge in [0.25, 0.3) is 0 Å². The Kier molecular flexibility index (Phi) is 8.12. The number of rotatable bonds is 10. The van der Waals surface area contributed by atoms with Crippen molar-refractivity contribution in [3.05, 3.63) is 23.8 Å². The summed E-state index contributed by atoms with van der Waals surface area (Å²) in [5.74, 6) is 1.73. The number of hydrogen-bond acceptors (Lipinski definition) is 3. The summed E-state index contributed by atoms with van der Waals surface area (Å²) in [6, 6.07) is 6.61. The van der Waals surface area contributed by atoms with Gasteiger partial charge in [-0.2, -0.15) is 0 Å². The zero-order chi connectivity index (χ0) is 14.8. The van der Waals surface area contributed by atoms with Gasteiger partial charge in [0.15, 0.2) is 0 Å². The van der Waals surface area contributed by atoms with Crippen molar-refractivity contribution in [1.29, 1.82) is 0 Å². The molecule has 0 fully saturated rings. The van der Waals surface area contributed by atoms with Crippen molar-refractivity contribution >= 4 is 0 Å². The van der Waals surface area contributed by atoms with Gasteiger partial charge in [0.05, 0.1) is 14.2 Å². The molecular weight excluding hydrogens is 250 g/mol. The summed E-state index contributed by atoms with van der Waals surface area (Å²) in [6.45, 7) is 5.34. The number of methoxy groups -OCH3 is 2. The molecule has 0 radical (unpaired) electrons. The van der Waals surface area contributed by atoms with Gasteiger partial charge < -0.3 is 14.8 Å². The van der Waals surface area contributed by atoms with Gasteiger partial charge in [-0.3, -0.25) is 0 Å². The fourth-order valence-corrected chi connectivity index (χ4v) is 2.40. The van der Waals surface area contributed by atoms with Crippen LogP contribution in [0.5, 0.6) is 11.5 Å². The molecule has 0 aliphatic heterocycles. The number of unbranched alkanes of at least 4 members (excludes halogenated alkanes) is 1. The van der Waals surface area contributed by atoms with Crippen LogP contribution in [-0.2, 0) is 6.54 Å². The SMILES string of the molecule is CCCCC(CCC)NCc1ccc(OC)cc1OC. The number of ether oxygens (including phenoxy) is 2. The highest BCUT2D eigenvalue weighted by Crippen LogP contribution is 2.24. The van der Waals surface area contributed by atoms with E-state index in [2.05, 4.69) is 25.2 Å². The first-order chi connectivity index (χ1) is 9.74. The monoisotopic (exact) mass is 279 g/mol. The Morgan fingerprint density at radius 3 is 2.45 bits per heavy atom. The Morgan fingerprint density at radius 1 is 1.05 bits per heavy atom. The van der Waals surface area contributed by atoms with E-state index in [1.165, 1.54) is 37.7 Å². The van der Waals surface area contributed by atoms with E-state index in [4.69, 9.17) is 9.47 Å². The Balaban J connectivity index is 2.61. The lowest BCUT2D eigenvalue weighted by Crippen LogP contribution is -2.28. The Morgan fingerprint density at radius 2 is 1.85 bits per heavy atom. The van der Waals surface area contributed by atoms with Crippen LogP contribution in [0.3, 0.4) is 0 Å². The van der Waals surface area contributed by atoms with Gasteiger partial charge in [0.2, 0.25) is 0 Å². The molecule has 0 spiro atoms. The van der Waals surface area contributed by atoms with Crippen LogP contribution in [0, 0.1) is 0 Å². The van der Waals surface area contributed by atoms with Crippen LogP contribution in [0.2, 0.25) is 0 Å². The van der Waals surface area contributed by atoms with Crippen LogP contribution < -0.4 is 14.8 Å². The molecule has 1 unspecified atom stereocenters. The van der Waals surface area contributed by atoms with E-state index < -0.39 is 0 Å². The van der Waals surface area contributed by atoms with Crippen LogP contribution in [0.1, 0.15) is 51.5 Å². The average molecular weight is 279 g/mol. The van der Waals surface area contributed by atoms with E-state index in [0.29, 0.717) is 6.04 Å². The van der Waals surface area contributed by atoms with Gasteiger partial charge in [-0.1, -0.05) is 39.2 Å². The third kappa shape index (κ3) is 5.41. The fourth-order valence-electron chi connectivity index (χ4n) is 2.40. The van der Waals surface area contributed by atoms with E-state index in [0.717, 1.165) is 18.0 Å². The second kappa shape index (κ2) is 9.65. The molecule has 20 heavy (non-hydrogen) atoms. The zero-order valence-electron chi connectivity index (χ0n) is 13.4. The second-order valence-corrected chi connectivity index (χ2v) is 5.19. The predicted molar refractivity (Wildman–Crippen MR) is 84.6 cm³/mol. The Bertz CT molecular complexity index is 379. The van der Waals surface area contributed by atoms with Crippen molar-refractivity contribution in [2.75, 3.05) is 14.2 Å². The van der Waals surface area contributed by atoms with Gasteiger partial charge >= 0.3 is 0 Å². The summed E-state index contributed by atoms with van der Waals surface area (Å²) in [6.07, 6.45) is 6.26. The molecule has 1 aromatic rings. The van der Waals surface area contributed by atoms with Crippen molar-refractivity contribution < 1.29 is 9.47 Å². The lowest BCUT2D eigenvalue weighted by atomic mass is 10.0. The van der Waals surface area contributed by atoms with Crippen LogP contribution in [0.25, 0.3) is 0 Å². The minimum absolute atomic E-state index is 0.603. The van der Waals surface area contributed by atoms with E-state index >= 15 is 0 Å². The van der Waals surface area contributed by atoms with E-state index in [-0.39, 0.29) is 0 Å². The van der Waals surface area contributed by atoms with Crippen molar-refractivity contribution in [3.63, 3.8) is 0 Å². The Labute approximate surface area is 123 Å². The van der Waals surface area contributed by atoms with Gasteiger partial charge in [-0.15, -0.1) is 0 Å². The molecule has 1 atom stereocenters. The van der Waals surface area contributed by atoms with E-state index in [1.807, 2.05) is 12.1 Å². The summed E-state index contributed by atoms with van der Waals surface area (Å²) >= 11 is 0. The molecule has 114 valence electrons. The Hall–Kier alpha value is -1.22. The second-order valence-electron chi connectivity index (χ2n) is 5.19. The normalized spacial score (nSPS) is 12.2. The lowest BCUT2D eigenvalue weighted by molar-refractivity contribution is 0.384. The molecule has 1 N–H and O–H groups in total. The van der Waals surface area contributed by atoms with Crippen LogP contribution in [0.15, 0.2) is 18.2 Å². The summed E-state index contributed by atoms with van der Waals surface area (Å²) in [5, 5.41) is 3.66. The highest BCUT2D eigenvalue weighted by atomic mass is 16.5. The van der Waals surface area contributed by atoms with Gasteiger partial charge in [-0.25, -0.2) is 0 Å².